The van der Waals surface area contributed by atoms with E-state index in [1.165, 1.54) is 5.56 Å². The molecule has 2 aliphatic heterocycles. The maximum Gasteiger partial charge on any atom is 0.317 e. The smallest absolute Gasteiger partial charge is 0.317 e. The van der Waals surface area contributed by atoms with Crippen LogP contribution >= 0.6 is 0 Å². The predicted octanol–water partition coefficient (Wildman–Crippen LogP) is 3.09. The van der Waals surface area contributed by atoms with Gasteiger partial charge in [-0.1, -0.05) is 42.3 Å². The Kier molecular flexibility index (Phi) is 7.94. The van der Waals surface area contributed by atoms with Gasteiger partial charge in [0.1, 0.15) is 0 Å². The molecule has 0 spiro atoms. The number of hydrogen-bond donors (Lipinski definition) is 2. The van der Waals surface area contributed by atoms with E-state index in [2.05, 4.69) is 45.6 Å². The van der Waals surface area contributed by atoms with Crippen molar-refractivity contribution >= 4 is 11.9 Å². The summed E-state index contributed by atoms with van der Waals surface area (Å²) in [6.45, 7) is 6.10. The van der Waals surface area contributed by atoms with Crippen molar-refractivity contribution in [2.45, 2.75) is 51.7 Å². The van der Waals surface area contributed by atoms with Gasteiger partial charge in [-0.15, -0.1) is 0 Å². The topological polar surface area (TPSA) is 77.6 Å². The van der Waals surface area contributed by atoms with Crippen molar-refractivity contribution in [3.05, 3.63) is 65.5 Å². The number of amides is 3. The van der Waals surface area contributed by atoms with Gasteiger partial charge in [-0.3, -0.25) is 14.7 Å². The Bertz CT molecular complexity index is 918. The summed E-state index contributed by atoms with van der Waals surface area (Å²) in [6.07, 6.45) is 7.53. The average molecular weight is 450 g/mol. The van der Waals surface area contributed by atoms with Crippen molar-refractivity contribution in [2.75, 3.05) is 26.2 Å². The Morgan fingerprint density at radius 1 is 1.12 bits per heavy atom. The molecule has 3 amide bonds. The molecule has 0 bridgehead atoms. The zero-order valence-corrected chi connectivity index (χ0v) is 19.5. The second kappa shape index (κ2) is 11.3. The lowest BCUT2D eigenvalue weighted by molar-refractivity contribution is -0.129. The molecular weight excluding hydrogens is 414 g/mol. The van der Waals surface area contributed by atoms with E-state index in [1.807, 2.05) is 29.3 Å². The van der Waals surface area contributed by atoms with Crippen LogP contribution < -0.4 is 10.6 Å². The zero-order chi connectivity index (χ0) is 23.0. The summed E-state index contributed by atoms with van der Waals surface area (Å²) in [5.41, 5.74) is 3.42. The highest BCUT2D eigenvalue weighted by atomic mass is 16.2. The van der Waals surface area contributed by atoms with Gasteiger partial charge in [0.25, 0.3) is 0 Å². The maximum absolute atomic E-state index is 13.0. The minimum Gasteiger partial charge on any atom is -0.356 e. The van der Waals surface area contributed by atoms with Crippen LogP contribution in [0.2, 0.25) is 0 Å². The molecule has 7 nitrogen and oxygen atoms in total. The average Bonchev–Trinajstić information content (AvgIpc) is 2.84. The Morgan fingerprint density at radius 2 is 1.97 bits per heavy atom. The standard InChI is InChI=1S/C26H35N5O2/c1-20-7-9-21(10-8-20)17-29-26(33)31-15-11-23-24(19-31)30(18-22-6-5-12-27-16-22)14-4-2-3-13-28-25(23)32/h5-10,12,16,23-24H,2-4,11,13-15,17-19H2,1H3,(H,28,32)(H,29,33)/t23-,24-/m1/s1. The van der Waals surface area contributed by atoms with Crippen LogP contribution in [0.25, 0.3) is 0 Å². The summed E-state index contributed by atoms with van der Waals surface area (Å²) in [5.74, 6) is 0.0127. The number of hydrogen-bond acceptors (Lipinski definition) is 4. The van der Waals surface area contributed by atoms with E-state index in [-0.39, 0.29) is 23.9 Å². The van der Waals surface area contributed by atoms with Gasteiger partial charge in [0.2, 0.25) is 5.91 Å². The molecule has 2 N–H and O–H groups in total. The predicted molar refractivity (Wildman–Crippen MR) is 128 cm³/mol. The molecule has 2 atom stereocenters. The molecule has 3 heterocycles. The molecule has 176 valence electrons. The van der Waals surface area contributed by atoms with Crippen LogP contribution in [0.3, 0.4) is 0 Å². The molecule has 0 unspecified atom stereocenters. The zero-order valence-electron chi connectivity index (χ0n) is 19.5. The van der Waals surface area contributed by atoms with Crippen LogP contribution in [0.4, 0.5) is 4.79 Å². The number of nitrogens with zero attached hydrogens (tertiary/aromatic N) is 3. The number of urea groups is 1. The minimum atomic E-state index is -0.110. The first-order chi connectivity index (χ1) is 16.1. The quantitative estimate of drug-likeness (QED) is 0.752. The van der Waals surface area contributed by atoms with E-state index in [4.69, 9.17) is 0 Å². The number of aromatic nitrogens is 1. The molecule has 0 saturated carbocycles. The summed E-state index contributed by atoms with van der Waals surface area (Å²) >= 11 is 0. The van der Waals surface area contributed by atoms with Gasteiger partial charge in [-0.2, -0.15) is 0 Å². The van der Waals surface area contributed by atoms with E-state index in [0.717, 1.165) is 50.0 Å². The number of nitrogens with one attached hydrogen (secondary N) is 2. The highest BCUT2D eigenvalue weighted by molar-refractivity contribution is 5.80. The molecule has 2 saturated heterocycles. The number of likely N-dealkylation sites (tertiary alicyclic amines) is 1. The highest BCUT2D eigenvalue weighted by Gasteiger charge is 2.39. The second-order valence-corrected chi connectivity index (χ2v) is 9.24. The lowest BCUT2D eigenvalue weighted by atomic mass is 9.88. The van der Waals surface area contributed by atoms with Crippen LogP contribution in [0.1, 0.15) is 42.4 Å². The fourth-order valence-corrected chi connectivity index (χ4v) is 4.83. The van der Waals surface area contributed by atoms with E-state index in [0.29, 0.717) is 26.1 Å². The Morgan fingerprint density at radius 3 is 2.76 bits per heavy atom. The fraction of sp³-hybridized carbons (Fsp3) is 0.500. The number of aryl methyl sites for hydroxylation is 1. The largest absolute Gasteiger partial charge is 0.356 e. The van der Waals surface area contributed by atoms with E-state index in [9.17, 15) is 9.59 Å². The number of carbonyl (C=O) groups excluding carboxylic acids is 2. The van der Waals surface area contributed by atoms with Crippen LogP contribution in [-0.2, 0) is 17.9 Å². The van der Waals surface area contributed by atoms with Gasteiger partial charge in [0, 0.05) is 51.2 Å². The number of piperidine rings is 1. The molecule has 2 aliphatic rings. The van der Waals surface area contributed by atoms with Crippen LogP contribution in [0.15, 0.2) is 48.8 Å². The van der Waals surface area contributed by atoms with Gasteiger partial charge < -0.3 is 15.5 Å². The van der Waals surface area contributed by atoms with Crippen molar-refractivity contribution in [1.29, 1.82) is 0 Å². The molecule has 2 fully saturated rings. The number of pyridine rings is 1. The van der Waals surface area contributed by atoms with Crippen molar-refractivity contribution in [2.24, 2.45) is 5.92 Å². The molecule has 33 heavy (non-hydrogen) atoms. The lowest BCUT2D eigenvalue weighted by Crippen LogP contribution is -2.59. The summed E-state index contributed by atoms with van der Waals surface area (Å²) in [7, 11) is 0. The number of fused-ring (bicyclic) bond motifs is 1. The van der Waals surface area contributed by atoms with E-state index < -0.39 is 0 Å². The monoisotopic (exact) mass is 449 g/mol. The van der Waals surface area contributed by atoms with Crippen molar-refractivity contribution < 1.29 is 9.59 Å². The van der Waals surface area contributed by atoms with Crippen molar-refractivity contribution in [1.82, 2.24) is 25.4 Å². The normalized spacial score (nSPS) is 22.2. The first kappa shape index (κ1) is 23.2. The Hall–Kier alpha value is -2.93. The number of rotatable bonds is 4. The lowest BCUT2D eigenvalue weighted by Gasteiger charge is -2.44. The number of benzene rings is 1. The molecule has 1 aromatic heterocycles. The molecule has 4 rings (SSSR count). The Labute approximate surface area is 196 Å². The van der Waals surface area contributed by atoms with E-state index in [1.54, 1.807) is 6.20 Å². The summed E-state index contributed by atoms with van der Waals surface area (Å²) < 4.78 is 0. The molecule has 2 aromatic rings. The third kappa shape index (κ3) is 6.32. The van der Waals surface area contributed by atoms with Gasteiger partial charge in [-0.25, -0.2) is 4.79 Å². The Balaban J connectivity index is 1.47. The van der Waals surface area contributed by atoms with Gasteiger partial charge in [-0.05, 0) is 49.9 Å². The van der Waals surface area contributed by atoms with Crippen LogP contribution in [-0.4, -0.2) is 58.9 Å². The first-order valence-corrected chi connectivity index (χ1v) is 12.1. The fourth-order valence-electron chi connectivity index (χ4n) is 4.83. The first-order valence-electron chi connectivity index (χ1n) is 12.1. The number of carbonyl (C=O) groups is 2. The molecule has 0 aliphatic carbocycles. The summed E-state index contributed by atoms with van der Waals surface area (Å²) in [5, 5.41) is 6.20. The third-order valence-corrected chi connectivity index (χ3v) is 6.77. The van der Waals surface area contributed by atoms with Gasteiger partial charge >= 0.3 is 6.03 Å². The van der Waals surface area contributed by atoms with Gasteiger partial charge in [0.15, 0.2) is 0 Å². The molecular formula is C26H35N5O2. The van der Waals surface area contributed by atoms with Crippen LogP contribution in [0, 0.1) is 12.8 Å². The maximum atomic E-state index is 13.0. The van der Waals surface area contributed by atoms with Crippen molar-refractivity contribution in [3.63, 3.8) is 0 Å². The molecule has 1 aromatic carbocycles. The minimum absolute atomic E-state index is 0.0119. The molecule has 0 radical (unpaired) electrons. The second-order valence-electron chi connectivity index (χ2n) is 9.24. The third-order valence-electron chi connectivity index (χ3n) is 6.77. The van der Waals surface area contributed by atoms with Crippen molar-refractivity contribution in [3.8, 4) is 0 Å². The highest BCUT2D eigenvalue weighted by Crippen LogP contribution is 2.26. The summed E-state index contributed by atoms with van der Waals surface area (Å²) in [4.78, 5) is 34.6. The molecule has 7 heteroatoms. The van der Waals surface area contributed by atoms with Gasteiger partial charge in [0.05, 0.1) is 5.92 Å². The summed E-state index contributed by atoms with van der Waals surface area (Å²) in [6, 6.07) is 12.2. The SMILES string of the molecule is Cc1ccc(CNC(=O)N2CC[C@H]3C(=O)NCCCCCN(Cc4cccnc4)[C@@H]3C2)cc1. The van der Waals surface area contributed by atoms with Crippen LogP contribution in [0.5, 0.6) is 0 Å². The van der Waals surface area contributed by atoms with E-state index >= 15 is 0 Å².